The molecule has 1 aromatic carbocycles. The van der Waals surface area contributed by atoms with E-state index in [1.54, 1.807) is 17.5 Å². The maximum Gasteiger partial charge on any atom is 0.263 e. The van der Waals surface area contributed by atoms with Gasteiger partial charge in [-0.15, -0.1) is 23.7 Å². The average Bonchev–Trinajstić information content (AvgIpc) is 3.07. The number of nitrogens with one attached hydrogen (secondary N) is 2. The van der Waals surface area contributed by atoms with Gasteiger partial charge in [-0.3, -0.25) is 9.52 Å². The lowest BCUT2D eigenvalue weighted by atomic mass is 9.85. The van der Waals surface area contributed by atoms with E-state index in [2.05, 4.69) is 15.0 Å². The molecule has 3 rings (SSSR count). The van der Waals surface area contributed by atoms with Gasteiger partial charge < -0.3 is 11.1 Å². The van der Waals surface area contributed by atoms with Crippen molar-refractivity contribution in [3.05, 3.63) is 35.8 Å². The van der Waals surface area contributed by atoms with E-state index in [4.69, 9.17) is 5.73 Å². The highest BCUT2D eigenvalue weighted by atomic mass is 35.5. The molecule has 2 unspecified atom stereocenters. The van der Waals surface area contributed by atoms with E-state index in [1.807, 2.05) is 0 Å². The van der Waals surface area contributed by atoms with Crippen LogP contribution in [0.25, 0.3) is 0 Å². The van der Waals surface area contributed by atoms with E-state index in [-0.39, 0.29) is 35.2 Å². The van der Waals surface area contributed by atoms with Gasteiger partial charge in [-0.25, -0.2) is 13.4 Å². The number of sulfonamides is 1. The molecule has 2 atom stereocenters. The van der Waals surface area contributed by atoms with Crippen LogP contribution < -0.4 is 15.8 Å². The van der Waals surface area contributed by atoms with Crippen molar-refractivity contribution in [1.29, 1.82) is 0 Å². The summed E-state index contributed by atoms with van der Waals surface area (Å²) in [6, 6.07) is 6.24. The molecule has 142 valence electrons. The minimum atomic E-state index is -3.75. The number of benzene rings is 1. The monoisotopic (exact) mass is 416 g/mol. The number of rotatable bonds is 5. The van der Waals surface area contributed by atoms with Crippen LogP contribution in [0.2, 0.25) is 0 Å². The van der Waals surface area contributed by atoms with Crippen LogP contribution in [0, 0.1) is 5.92 Å². The number of halogens is 1. The summed E-state index contributed by atoms with van der Waals surface area (Å²) in [6.07, 6.45) is 4.87. The topological polar surface area (TPSA) is 114 Å². The summed E-state index contributed by atoms with van der Waals surface area (Å²) < 4.78 is 27.2. The highest BCUT2D eigenvalue weighted by Crippen LogP contribution is 2.25. The Hall–Kier alpha value is -1.68. The molecule has 1 aliphatic carbocycles. The minimum Gasteiger partial charge on any atom is -0.328 e. The van der Waals surface area contributed by atoms with Crippen LogP contribution in [-0.4, -0.2) is 25.4 Å². The van der Waals surface area contributed by atoms with Crippen molar-refractivity contribution in [3.63, 3.8) is 0 Å². The Morgan fingerprint density at radius 1 is 1.31 bits per heavy atom. The first kappa shape index (κ1) is 20.6. The molecule has 1 amide bonds. The molecule has 1 fully saturated rings. The van der Waals surface area contributed by atoms with Crippen LogP contribution in [0.4, 0.5) is 10.8 Å². The molecule has 0 spiro atoms. The van der Waals surface area contributed by atoms with Crippen LogP contribution in [0.5, 0.6) is 0 Å². The van der Waals surface area contributed by atoms with Crippen molar-refractivity contribution in [2.45, 2.75) is 36.6 Å². The van der Waals surface area contributed by atoms with Gasteiger partial charge in [0, 0.05) is 29.2 Å². The minimum absolute atomic E-state index is 0. The largest absolute Gasteiger partial charge is 0.328 e. The van der Waals surface area contributed by atoms with E-state index in [1.165, 1.54) is 29.7 Å². The molecule has 1 saturated carbocycles. The van der Waals surface area contributed by atoms with E-state index in [9.17, 15) is 13.2 Å². The lowest BCUT2D eigenvalue weighted by Crippen LogP contribution is -2.34. The standard InChI is InChI=1S/C16H20N4O3S2.ClH/c17-12-4-1-3-11(9-12)15(21)19-13-5-2-6-14(10-13)25(22,23)20-16-18-7-8-24-16;/h2,5-8,10-12H,1,3-4,9,17H2,(H,18,20)(H,19,21);1H. The molecule has 0 radical (unpaired) electrons. The van der Waals surface area contributed by atoms with Crippen molar-refractivity contribution >= 4 is 50.5 Å². The van der Waals surface area contributed by atoms with Crippen LogP contribution in [-0.2, 0) is 14.8 Å². The second kappa shape index (κ2) is 8.81. The third-order valence-corrected chi connectivity index (χ3v) is 6.31. The third-order valence-electron chi connectivity index (χ3n) is 4.15. The van der Waals surface area contributed by atoms with E-state index < -0.39 is 10.0 Å². The van der Waals surface area contributed by atoms with Gasteiger partial charge in [0.25, 0.3) is 10.0 Å². The highest BCUT2D eigenvalue weighted by molar-refractivity contribution is 7.93. The Labute approximate surface area is 162 Å². The number of hydrogen-bond acceptors (Lipinski definition) is 6. The van der Waals surface area contributed by atoms with Gasteiger partial charge in [-0.1, -0.05) is 12.5 Å². The molecule has 0 bridgehead atoms. The molecule has 7 nitrogen and oxygen atoms in total. The molecule has 1 aliphatic rings. The molecular weight excluding hydrogens is 396 g/mol. The first-order valence-electron chi connectivity index (χ1n) is 8.03. The SMILES string of the molecule is Cl.NC1CCCC(C(=O)Nc2cccc(S(=O)(=O)Nc3nccs3)c2)C1. The first-order valence-corrected chi connectivity index (χ1v) is 10.4. The van der Waals surface area contributed by atoms with Gasteiger partial charge in [-0.05, 0) is 37.5 Å². The highest BCUT2D eigenvalue weighted by Gasteiger charge is 2.25. The molecular formula is C16H21ClN4O3S2. The molecule has 0 saturated heterocycles. The Bertz CT molecular complexity index is 843. The van der Waals surface area contributed by atoms with E-state index in [0.29, 0.717) is 17.2 Å². The molecule has 1 heterocycles. The van der Waals surface area contributed by atoms with Gasteiger partial charge >= 0.3 is 0 Å². The van der Waals surface area contributed by atoms with Gasteiger partial charge in [0.05, 0.1) is 4.90 Å². The van der Waals surface area contributed by atoms with E-state index in [0.717, 1.165) is 19.3 Å². The fraction of sp³-hybridized carbons (Fsp3) is 0.375. The van der Waals surface area contributed by atoms with Crippen molar-refractivity contribution in [2.24, 2.45) is 11.7 Å². The van der Waals surface area contributed by atoms with Crippen molar-refractivity contribution in [3.8, 4) is 0 Å². The second-order valence-corrected chi connectivity index (χ2v) is 8.66. The maximum absolute atomic E-state index is 12.4. The fourth-order valence-corrected chi connectivity index (χ4v) is 4.73. The van der Waals surface area contributed by atoms with Crippen LogP contribution in [0.1, 0.15) is 25.7 Å². The summed E-state index contributed by atoms with van der Waals surface area (Å²) in [5.74, 6) is -0.241. The summed E-state index contributed by atoms with van der Waals surface area (Å²) in [5.41, 5.74) is 6.38. The Morgan fingerprint density at radius 3 is 2.81 bits per heavy atom. The van der Waals surface area contributed by atoms with E-state index >= 15 is 0 Å². The zero-order chi connectivity index (χ0) is 17.9. The molecule has 1 aromatic heterocycles. The molecule has 0 aliphatic heterocycles. The lowest BCUT2D eigenvalue weighted by Gasteiger charge is -2.25. The second-order valence-electron chi connectivity index (χ2n) is 6.08. The van der Waals surface area contributed by atoms with Crippen LogP contribution in [0.15, 0.2) is 40.7 Å². The number of anilines is 2. The van der Waals surface area contributed by atoms with Gasteiger partial charge in [0.2, 0.25) is 5.91 Å². The number of amides is 1. The number of nitrogens with two attached hydrogens (primary N) is 1. The number of hydrogen-bond donors (Lipinski definition) is 3. The number of aromatic nitrogens is 1. The molecule has 10 heteroatoms. The van der Waals surface area contributed by atoms with Gasteiger partial charge in [0.1, 0.15) is 0 Å². The Balaban J connectivity index is 0.00000243. The molecule has 4 N–H and O–H groups in total. The zero-order valence-corrected chi connectivity index (χ0v) is 16.4. The Morgan fingerprint density at radius 2 is 2.12 bits per heavy atom. The predicted molar refractivity (Wildman–Crippen MR) is 105 cm³/mol. The first-order chi connectivity index (χ1) is 11.9. The van der Waals surface area contributed by atoms with Gasteiger partial charge in [0.15, 0.2) is 5.13 Å². The summed E-state index contributed by atoms with van der Waals surface area (Å²) in [6.45, 7) is 0. The Kier molecular flexibility index (Phi) is 6.99. The third kappa shape index (κ3) is 5.16. The number of carbonyl (C=O) groups excluding carboxylic acids is 1. The summed E-state index contributed by atoms with van der Waals surface area (Å²) >= 11 is 1.20. The summed E-state index contributed by atoms with van der Waals surface area (Å²) in [5, 5.41) is 4.78. The summed E-state index contributed by atoms with van der Waals surface area (Å²) in [4.78, 5) is 16.4. The molecule has 26 heavy (non-hydrogen) atoms. The fourth-order valence-electron chi connectivity index (χ4n) is 2.90. The smallest absolute Gasteiger partial charge is 0.263 e. The van der Waals surface area contributed by atoms with Crippen molar-refractivity contribution < 1.29 is 13.2 Å². The maximum atomic E-state index is 12.4. The normalized spacial score (nSPS) is 20.0. The zero-order valence-electron chi connectivity index (χ0n) is 13.9. The molecule has 2 aromatic rings. The predicted octanol–water partition coefficient (Wildman–Crippen LogP) is 2.82. The number of carbonyl (C=O) groups is 1. The van der Waals surface area contributed by atoms with Crippen molar-refractivity contribution in [2.75, 3.05) is 10.0 Å². The number of nitrogens with zero attached hydrogens (tertiary/aromatic N) is 1. The lowest BCUT2D eigenvalue weighted by molar-refractivity contribution is -0.120. The quantitative estimate of drug-likeness (QED) is 0.693. The van der Waals surface area contributed by atoms with Crippen LogP contribution in [0.3, 0.4) is 0 Å². The van der Waals surface area contributed by atoms with Crippen LogP contribution >= 0.6 is 23.7 Å². The average molecular weight is 417 g/mol. The van der Waals surface area contributed by atoms with Crippen molar-refractivity contribution in [1.82, 2.24) is 4.98 Å². The van der Waals surface area contributed by atoms with Gasteiger partial charge in [-0.2, -0.15) is 0 Å². The number of thiazole rings is 1. The summed E-state index contributed by atoms with van der Waals surface area (Å²) in [7, 11) is -3.75.